The average molecular weight is 566 g/mol. The third-order valence-corrected chi connectivity index (χ3v) is 8.85. The van der Waals surface area contributed by atoms with Crippen LogP contribution in [0.5, 0.6) is 0 Å². The summed E-state index contributed by atoms with van der Waals surface area (Å²) in [5.74, 6) is 0.0730. The zero-order chi connectivity index (χ0) is 28.6. The molecular formula is C29H36FN7O2S. The molecule has 11 heteroatoms. The van der Waals surface area contributed by atoms with Crippen LogP contribution >= 0.6 is 0 Å². The van der Waals surface area contributed by atoms with Gasteiger partial charge in [0, 0.05) is 49.6 Å². The van der Waals surface area contributed by atoms with Gasteiger partial charge in [0.25, 0.3) is 0 Å². The van der Waals surface area contributed by atoms with Gasteiger partial charge in [0.2, 0.25) is 16.0 Å². The van der Waals surface area contributed by atoms with Gasteiger partial charge in [0.05, 0.1) is 24.2 Å². The van der Waals surface area contributed by atoms with E-state index >= 15 is 4.39 Å². The summed E-state index contributed by atoms with van der Waals surface area (Å²) in [5, 5.41) is 3.99. The molecule has 0 unspecified atom stereocenters. The molecule has 2 aromatic carbocycles. The summed E-state index contributed by atoms with van der Waals surface area (Å²) >= 11 is 0. The minimum Gasteiger partial charge on any atom is -0.369 e. The molecule has 0 atom stereocenters. The zero-order valence-corrected chi connectivity index (χ0v) is 24.4. The fourth-order valence-electron chi connectivity index (χ4n) is 5.26. The number of fused-ring (bicyclic) bond motifs is 1. The SMILES string of the molecule is Cc1ccc(N(C)S(C)(=O)=O)c(Cn2ccc3cnc(Nc4ccc(N5CCC(N(C)C)CC5)c(F)c4)nc32)c1. The molecule has 40 heavy (non-hydrogen) atoms. The van der Waals surface area contributed by atoms with Crippen molar-refractivity contribution in [2.75, 3.05) is 55.0 Å². The first-order chi connectivity index (χ1) is 19.0. The Hall–Kier alpha value is -3.70. The Morgan fingerprint density at radius 2 is 1.82 bits per heavy atom. The summed E-state index contributed by atoms with van der Waals surface area (Å²) in [7, 11) is 2.32. The third kappa shape index (κ3) is 5.90. The van der Waals surface area contributed by atoms with E-state index in [0.29, 0.717) is 41.2 Å². The highest BCUT2D eigenvalue weighted by Crippen LogP contribution is 2.29. The average Bonchev–Trinajstić information content (AvgIpc) is 3.30. The maximum atomic E-state index is 15.1. The van der Waals surface area contributed by atoms with E-state index in [1.807, 2.05) is 54.1 Å². The molecule has 2 aromatic heterocycles. The van der Waals surface area contributed by atoms with Crippen LogP contribution in [0.1, 0.15) is 24.0 Å². The summed E-state index contributed by atoms with van der Waals surface area (Å²) in [6.07, 6.45) is 6.84. The zero-order valence-electron chi connectivity index (χ0n) is 23.6. The number of aromatic nitrogens is 3. The van der Waals surface area contributed by atoms with Crippen LogP contribution in [0.4, 0.5) is 27.4 Å². The largest absolute Gasteiger partial charge is 0.369 e. The molecule has 9 nitrogen and oxygen atoms in total. The molecular weight excluding hydrogens is 529 g/mol. The predicted molar refractivity (Wildman–Crippen MR) is 160 cm³/mol. The molecule has 1 aliphatic rings. The van der Waals surface area contributed by atoms with E-state index in [0.717, 1.165) is 42.4 Å². The molecule has 0 spiro atoms. The maximum absolute atomic E-state index is 15.1. The lowest BCUT2D eigenvalue weighted by atomic mass is 10.0. The number of nitrogens with one attached hydrogen (secondary N) is 1. The second-order valence-corrected chi connectivity index (χ2v) is 12.8. The first-order valence-corrected chi connectivity index (χ1v) is 15.2. The topological polar surface area (TPSA) is 86.6 Å². The number of sulfonamides is 1. The Labute approximate surface area is 235 Å². The summed E-state index contributed by atoms with van der Waals surface area (Å²) in [6, 6.07) is 13.3. The van der Waals surface area contributed by atoms with Gasteiger partial charge in [0.1, 0.15) is 11.5 Å². The summed E-state index contributed by atoms with van der Waals surface area (Å²) < 4.78 is 42.9. The molecule has 0 bridgehead atoms. The molecule has 212 valence electrons. The van der Waals surface area contributed by atoms with Gasteiger partial charge in [-0.2, -0.15) is 4.98 Å². The highest BCUT2D eigenvalue weighted by atomic mass is 32.2. The summed E-state index contributed by atoms with van der Waals surface area (Å²) in [5.41, 5.74) is 4.36. The van der Waals surface area contributed by atoms with E-state index in [1.54, 1.807) is 13.2 Å². The molecule has 3 heterocycles. The summed E-state index contributed by atoms with van der Waals surface area (Å²) in [6.45, 7) is 4.05. The van der Waals surface area contributed by atoms with Crippen molar-refractivity contribution in [2.24, 2.45) is 0 Å². The molecule has 1 N–H and O–H groups in total. The van der Waals surface area contributed by atoms with Crippen LogP contribution in [0.3, 0.4) is 0 Å². The first kappa shape index (κ1) is 27.9. The number of nitrogens with zero attached hydrogens (tertiary/aromatic N) is 6. The van der Waals surface area contributed by atoms with Gasteiger partial charge >= 0.3 is 0 Å². The van der Waals surface area contributed by atoms with Crippen molar-refractivity contribution >= 4 is 44.1 Å². The monoisotopic (exact) mass is 565 g/mol. The van der Waals surface area contributed by atoms with E-state index in [9.17, 15) is 8.42 Å². The van der Waals surface area contributed by atoms with Crippen molar-refractivity contribution in [1.82, 2.24) is 19.4 Å². The predicted octanol–water partition coefficient (Wildman–Crippen LogP) is 4.60. The van der Waals surface area contributed by atoms with E-state index < -0.39 is 10.0 Å². The number of rotatable bonds is 8. The first-order valence-electron chi connectivity index (χ1n) is 13.3. The smallest absolute Gasteiger partial charge is 0.232 e. The second-order valence-electron chi connectivity index (χ2n) is 10.8. The number of aryl methyl sites for hydroxylation is 1. The van der Waals surface area contributed by atoms with Gasteiger partial charge in [-0.25, -0.2) is 17.8 Å². The Bertz CT molecular complexity index is 1630. The number of benzene rings is 2. The van der Waals surface area contributed by atoms with E-state index in [1.165, 1.54) is 16.6 Å². The highest BCUT2D eigenvalue weighted by Gasteiger charge is 2.23. The number of anilines is 4. The normalized spacial score (nSPS) is 14.7. The van der Waals surface area contributed by atoms with Crippen molar-refractivity contribution in [2.45, 2.75) is 32.4 Å². The van der Waals surface area contributed by atoms with Crippen molar-refractivity contribution in [1.29, 1.82) is 0 Å². The summed E-state index contributed by atoms with van der Waals surface area (Å²) in [4.78, 5) is 13.5. The highest BCUT2D eigenvalue weighted by molar-refractivity contribution is 7.92. The van der Waals surface area contributed by atoms with Crippen LogP contribution in [0, 0.1) is 12.7 Å². The van der Waals surface area contributed by atoms with E-state index in [4.69, 9.17) is 4.98 Å². The molecule has 1 aliphatic heterocycles. The molecule has 0 amide bonds. The Balaban J connectivity index is 1.36. The maximum Gasteiger partial charge on any atom is 0.232 e. The number of piperidine rings is 1. The number of halogens is 1. The van der Waals surface area contributed by atoms with Crippen LogP contribution in [0.15, 0.2) is 54.9 Å². The lowest BCUT2D eigenvalue weighted by Crippen LogP contribution is -2.42. The Morgan fingerprint density at radius 3 is 2.50 bits per heavy atom. The molecule has 5 rings (SSSR count). The van der Waals surface area contributed by atoms with Crippen LogP contribution in [-0.4, -0.2) is 74.4 Å². The van der Waals surface area contributed by atoms with Gasteiger partial charge in [-0.05, 0) is 69.8 Å². The van der Waals surface area contributed by atoms with Crippen molar-refractivity contribution in [3.05, 3.63) is 71.8 Å². The van der Waals surface area contributed by atoms with Gasteiger partial charge in [-0.3, -0.25) is 4.31 Å². The van der Waals surface area contributed by atoms with Crippen LogP contribution in [-0.2, 0) is 16.6 Å². The minimum atomic E-state index is -3.42. The van der Waals surface area contributed by atoms with E-state index in [-0.39, 0.29) is 5.82 Å². The van der Waals surface area contributed by atoms with E-state index in [2.05, 4.69) is 34.2 Å². The lowest BCUT2D eigenvalue weighted by Gasteiger charge is -2.36. The second kappa shape index (κ2) is 11.1. The van der Waals surface area contributed by atoms with Crippen LogP contribution in [0.2, 0.25) is 0 Å². The number of hydrogen-bond donors (Lipinski definition) is 1. The van der Waals surface area contributed by atoms with Gasteiger partial charge in [0.15, 0.2) is 0 Å². The lowest BCUT2D eigenvalue weighted by molar-refractivity contribution is 0.249. The van der Waals surface area contributed by atoms with Gasteiger partial charge in [-0.1, -0.05) is 17.7 Å². The van der Waals surface area contributed by atoms with Crippen molar-refractivity contribution < 1.29 is 12.8 Å². The van der Waals surface area contributed by atoms with Gasteiger partial charge in [-0.15, -0.1) is 0 Å². The van der Waals surface area contributed by atoms with Crippen molar-refractivity contribution in [3.63, 3.8) is 0 Å². The van der Waals surface area contributed by atoms with Crippen LogP contribution < -0.4 is 14.5 Å². The fraction of sp³-hybridized carbons (Fsp3) is 0.379. The quantitative estimate of drug-likeness (QED) is 0.334. The molecule has 0 saturated carbocycles. The fourth-order valence-corrected chi connectivity index (χ4v) is 5.80. The van der Waals surface area contributed by atoms with Crippen molar-refractivity contribution in [3.8, 4) is 0 Å². The third-order valence-electron chi connectivity index (χ3n) is 7.65. The molecule has 4 aromatic rings. The van der Waals surface area contributed by atoms with Crippen LogP contribution in [0.25, 0.3) is 11.0 Å². The van der Waals surface area contributed by atoms with Gasteiger partial charge < -0.3 is 19.7 Å². The molecule has 1 fully saturated rings. The minimum absolute atomic E-state index is 0.278. The molecule has 0 aliphatic carbocycles. The molecule has 1 saturated heterocycles. The molecule has 0 radical (unpaired) electrons. The Kier molecular flexibility index (Phi) is 7.70. The Morgan fingerprint density at radius 1 is 1.07 bits per heavy atom. The standard InChI is InChI=1S/C29H36FN7O2S/c1-20-6-8-26(35(4)40(5,38)39)22(16-20)19-37-13-10-21-18-31-29(33-28(21)37)32-23-7-9-27(25(30)17-23)36-14-11-24(12-15-36)34(2)3/h6-10,13,16-18,24H,11-12,14-15,19H2,1-5H3,(H,31,32,33). The number of hydrogen-bond acceptors (Lipinski definition) is 7.